The summed E-state index contributed by atoms with van der Waals surface area (Å²) in [6, 6.07) is 39.4. The first-order chi connectivity index (χ1) is 26.4. The lowest BCUT2D eigenvalue weighted by Gasteiger charge is -2.36. The number of nitrogens with two attached hydrogens (primary N) is 1. The van der Waals surface area contributed by atoms with Crippen LogP contribution in [-0.2, 0) is 32.2 Å². The van der Waals surface area contributed by atoms with Crippen molar-refractivity contribution in [2.45, 2.75) is 61.7 Å². The van der Waals surface area contributed by atoms with Crippen LogP contribution in [0.3, 0.4) is 0 Å². The summed E-state index contributed by atoms with van der Waals surface area (Å²) >= 11 is 3.40. The molecule has 1 fully saturated rings. The molecule has 1 aliphatic rings. The van der Waals surface area contributed by atoms with Crippen LogP contribution in [0.5, 0.6) is 0 Å². The van der Waals surface area contributed by atoms with Gasteiger partial charge in [0.05, 0.1) is 40.4 Å². The van der Waals surface area contributed by atoms with Gasteiger partial charge >= 0.3 is 0 Å². The van der Waals surface area contributed by atoms with E-state index < -0.39 is 6.29 Å². The van der Waals surface area contributed by atoms with Crippen LogP contribution in [0.2, 0.25) is 0 Å². The van der Waals surface area contributed by atoms with Gasteiger partial charge in [0.25, 0.3) is 0 Å². The first-order valence-electron chi connectivity index (χ1n) is 18.0. The van der Waals surface area contributed by atoms with E-state index >= 15 is 0 Å². The summed E-state index contributed by atoms with van der Waals surface area (Å²) in [6.07, 6.45) is 0.747. The number of carbonyl (C=O) groups is 2. The van der Waals surface area contributed by atoms with Gasteiger partial charge in [-0.05, 0) is 58.5 Å². The Morgan fingerprint density at radius 3 is 2.35 bits per heavy atom. The van der Waals surface area contributed by atoms with Gasteiger partial charge in [0.1, 0.15) is 0 Å². The van der Waals surface area contributed by atoms with E-state index in [4.69, 9.17) is 20.2 Å². The molecule has 1 saturated heterocycles. The molecule has 5 N–H and O–H groups in total. The number of hydrogen-bond acceptors (Lipinski definition) is 9. The third kappa shape index (κ3) is 9.54. The number of aliphatic hydroxyl groups excluding tert-OH is 1. The smallest absolute Gasteiger partial charge is 0.224 e. The molecule has 0 spiro atoms. The average Bonchev–Trinajstić information content (AvgIpc) is 3.63. The van der Waals surface area contributed by atoms with Crippen LogP contribution in [0.4, 0.5) is 11.4 Å². The van der Waals surface area contributed by atoms with Crippen LogP contribution in [0.25, 0.3) is 21.3 Å². The summed E-state index contributed by atoms with van der Waals surface area (Å²) in [5.74, 6) is 0.442. The molecule has 0 radical (unpaired) electrons. The first-order valence-corrected chi connectivity index (χ1v) is 19.8. The molecule has 2 amide bonds. The Balaban J connectivity index is 0.981. The molecular weight excluding hydrogens is 717 g/mol. The topological polar surface area (TPSA) is 136 Å². The number of benzene rings is 5. The van der Waals surface area contributed by atoms with Crippen molar-refractivity contribution in [1.82, 2.24) is 10.3 Å². The van der Waals surface area contributed by atoms with Crippen molar-refractivity contribution in [1.29, 1.82) is 0 Å². The van der Waals surface area contributed by atoms with Crippen LogP contribution >= 0.6 is 23.1 Å². The number of ether oxygens (including phenoxy) is 2. The second-order valence-corrected chi connectivity index (χ2v) is 15.5. The maximum atomic E-state index is 12.7. The van der Waals surface area contributed by atoms with Gasteiger partial charge < -0.3 is 30.9 Å². The summed E-state index contributed by atoms with van der Waals surface area (Å²) in [7, 11) is 0. The minimum Gasteiger partial charge on any atom is -0.397 e. The summed E-state index contributed by atoms with van der Waals surface area (Å²) < 4.78 is 15.4. The standard InChI is InChI=1S/C43H42N4O5S2/c44-35-10-3-4-11-36(35)46-41(50)15-7-14-40(49)45-25-32-8-1-2-9-34(32)29-20-22-31(23-21-29)42-51-33(24-38(52-42)30-18-16-28(26-48)17-19-30)27-53-43-47-37-12-5-6-13-39(37)54-43/h1-6,8-13,16-23,33,38,42,48H,7,14-15,24-27,44H2,(H,45,49)(H,46,50)/t33-,38+,42+/m0/s1. The fourth-order valence-corrected chi connectivity index (χ4v) is 8.50. The Kier molecular flexibility index (Phi) is 12.3. The summed E-state index contributed by atoms with van der Waals surface area (Å²) in [6.45, 7) is 0.357. The predicted octanol–water partition coefficient (Wildman–Crippen LogP) is 8.80. The molecule has 0 saturated carbocycles. The van der Waals surface area contributed by atoms with E-state index in [2.05, 4.69) is 28.8 Å². The molecule has 0 bridgehead atoms. The van der Waals surface area contributed by atoms with Crippen LogP contribution in [0, 0.1) is 0 Å². The number of hydrogen-bond donors (Lipinski definition) is 4. The van der Waals surface area contributed by atoms with Gasteiger partial charge in [-0.15, -0.1) is 11.3 Å². The molecule has 276 valence electrons. The minimum absolute atomic E-state index is 0.00692. The van der Waals surface area contributed by atoms with Crippen LogP contribution in [0.15, 0.2) is 126 Å². The molecular formula is C43H42N4O5S2. The number of aromatic nitrogens is 1. The molecule has 0 aliphatic carbocycles. The fraction of sp³-hybridized carbons (Fsp3) is 0.233. The zero-order chi connectivity index (χ0) is 37.3. The Hall–Kier alpha value is -5.04. The van der Waals surface area contributed by atoms with Crippen molar-refractivity contribution >= 4 is 56.5 Å². The lowest BCUT2D eigenvalue weighted by molar-refractivity contribution is -0.245. The number of aliphatic hydroxyl groups is 1. The monoisotopic (exact) mass is 758 g/mol. The van der Waals surface area contributed by atoms with Crippen molar-refractivity contribution in [3.05, 3.63) is 144 Å². The van der Waals surface area contributed by atoms with Gasteiger partial charge in [0, 0.05) is 37.1 Å². The maximum absolute atomic E-state index is 12.7. The van der Waals surface area contributed by atoms with Gasteiger partial charge in [-0.25, -0.2) is 4.98 Å². The zero-order valence-electron chi connectivity index (χ0n) is 29.7. The van der Waals surface area contributed by atoms with Crippen molar-refractivity contribution in [2.24, 2.45) is 0 Å². The fourth-order valence-electron chi connectivity index (χ4n) is 6.39. The van der Waals surface area contributed by atoms with Gasteiger partial charge in [0.15, 0.2) is 10.6 Å². The second kappa shape index (κ2) is 17.9. The lowest BCUT2D eigenvalue weighted by Crippen LogP contribution is -2.31. The Labute approximate surface area is 322 Å². The number of thiazole rings is 1. The van der Waals surface area contributed by atoms with E-state index in [0.717, 1.165) is 49.0 Å². The Bertz CT molecular complexity index is 2160. The number of nitrogens with zero attached hydrogens (tertiary/aromatic N) is 1. The highest BCUT2D eigenvalue weighted by atomic mass is 32.2. The van der Waals surface area contributed by atoms with Crippen molar-refractivity contribution in [2.75, 3.05) is 16.8 Å². The van der Waals surface area contributed by atoms with Gasteiger partial charge in [-0.1, -0.05) is 109 Å². The maximum Gasteiger partial charge on any atom is 0.224 e. The molecule has 5 aromatic carbocycles. The SMILES string of the molecule is Nc1ccccc1NC(=O)CCCC(=O)NCc1ccccc1-c1ccc([C@@H]2O[C@H](CSc3nc4ccccc4s3)C[C@H](c3ccc(CO)cc3)O2)cc1. The quantitative estimate of drug-likeness (QED) is 0.0640. The zero-order valence-corrected chi connectivity index (χ0v) is 31.3. The third-order valence-electron chi connectivity index (χ3n) is 9.31. The number of para-hydroxylation sites is 3. The van der Waals surface area contributed by atoms with Crippen molar-refractivity contribution < 1.29 is 24.2 Å². The Morgan fingerprint density at radius 2 is 1.56 bits per heavy atom. The number of carbonyl (C=O) groups excluding carboxylic acids is 2. The highest BCUT2D eigenvalue weighted by Crippen LogP contribution is 2.41. The molecule has 6 aromatic rings. The van der Waals surface area contributed by atoms with Gasteiger partial charge in [-0.2, -0.15) is 0 Å². The van der Waals surface area contributed by atoms with Crippen molar-refractivity contribution in [3.63, 3.8) is 0 Å². The van der Waals surface area contributed by atoms with Gasteiger partial charge in [-0.3, -0.25) is 9.59 Å². The van der Waals surface area contributed by atoms with E-state index in [9.17, 15) is 14.7 Å². The number of fused-ring (bicyclic) bond motifs is 1. The molecule has 11 heteroatoms. The highest BCUT2D eigenvalue weighted by molar-refractivity contribution is 8.01. The number of rotatable bonds is 14. The Morgan fingerprint density at radius 1 is 0.833 bits per heavy atom. The normalized spacial score (nSPS) is 16.9. The summed E-state index contributed by atoms with van der Waals surface area (Å²) in [5.41, 5.74) is 13.8. The molecule has 3 atom stereocenters. The van der Waals surface area contributed by atoms with E-state index in [1.54, 1.807) is 35.2 Å². The van der Waals surface area contributed by atoms with Crippen LogP contribution in [0.1, 0.15) is 60.3 Å². The first kappa shape index (κ1) is 37.3. The molecule has 9 nitrogen and oxygen atoms in total. The number of nitrogens with one attached hydrogen (secondary N) is 2. The minimum atomic E-state index is -0.571. The van der Waals surface area contributed by atoms with Crippen molar-refractivity contribution in [3.8, 4) is 11.1 Å². The molecule has 0 unspecified atom stereocenters. The van der Waals surface area contributed by atoms with E-state index in [1.807, 2.05) is 91.0 Å². The number of amides is 2. The van der Waals surface area contributed by atoms with E-state index in [1.165, 1.54) is 4.70 Å². The number of anilines is 2. The molecule has 1 aromatic heterocycles. The number of nitrogen functional groups attached to an aromatic ring is 1. The molecule has 7 rings (SSSR count). The third-order valence-corrected chi connectivity index (χ3v) is 11.6. The molecule has 2 heterocycles. The lowest BCUT2D eigenvalue weighted by atomic mass is 9.97. The highest BCUT2D eigenvalue weighted by Gasteiger charge is 2.32. The summed E-state index contributed by atoms with van der Waals surface area (Å²) in [4.78, 5) is 29.9. The van der Waals surface area contributed by atoms with Crippen LogP contribution < -0.4 is 16.4 Å². The second-order valence-electron chi connectivity index (χ2n) is 13.2. The van der Waals surface area contributed by atoms with Crippen LogP contribution in [-0.4, -0.2) is 33.8 Å². The van der Waals surface area contributed by atoms with E-state index in [-0.39, 0.29) is 43.5 Å². The summed E-state index contributed by atoms with van der Waals surface area (Å²) in [5, 5.41) is 15.4. The van der Waals surface area contributed by atoms with Gasteiger partial charge in [0.2, 0.25) is 11.8 Å². The molecule has 1 aliphatic heterocycles. The predicted molar refractivity (Wildman–Crippen MR) is 216 cm³/mol. The largest absolute Gasteiger partial charge is 0.397 e. The average molecular weight is 759 g/mol. The molecule has 54 heavy (non-hydrogen) atoms. The number of thioether (sulfide) groups is 1. The van der Waals surface area contributed by atoms with E-state index in [0.29, 0.717) is 30.8 Å².